The summed E-state index contributed by atoms with van der Waals surface area (Å²) < 4.78 is 5.64. The van der Waals surface area contributed by atoms with Crippen LogP contribution in [0.2, 0.25) is 0 Å². The molecule has 4 heteroatoms. The first kappa shape index (κ1) is 12.3. The van der Waals surface area contributed by atoms with Crippen LogP contribution in [0.4, 0.5) is 5.69 Å². The van der Waals surface area contributed by atoms with Crippen molar-refractivity contribution in [2.24, 2.45) is 7.05 Å². The van der Waals surface area contributed by atoms with Gasteiger partial charge in [0.2, 0.25) is 0 Å². The average molecular weight is 292 g/mol. The van der Waals surface area contributed by atoms with Crippen molar-refractivity contribution in [2.45, 2.75) is 13.0 Å². The molecular formula is C13H19AsN3+. The molecule has 2 aromatic rings. The Morgan fingerprint density at radius 1 is 1.29 bits per heavy atom. The maximum absolute atomic E-state index is 3.44. The van der Waals surface area contributed by atoms with Crippen molar-refractivity contribution in [3.63, 3.8) is 0 Å². The number of hydrogen-bond donors (Lipinski definition) is 1. The number of imidazole rings is 1. The Hall–Kier alpha value is -1.21. The molecule has 0 aliphatic carbocycles. The summed E-state index contributed by atoms with van der Waals surface area (Å²) in [5, 5.41) is 3.44. The van der Waals surface area contributed by atoms with Crippen LogP contribution in [0.5, 0.6) is 0 Å². The predicted molar refractivity (Wildman–Crippen MR) is 73.3 cm³/mol. The van der Waals surface area contributed by atoms with Crippen LogP contribution in [0, 0.1) is 0 Å². The van der Waals surface area contributed by atoms with Crippen LogP contribution in [-0.2, 0) is 13.6 Å². The Labute approximate surface area is 111 Å². The molecule has 2 rings (SSSR count). The molecule has 0 aliphatic rings. The Morgan fingerprint density at radius 2 is 2.06 bits per heavy atom. The van der Waals surface area contributed by atoms with E-state index in [0.29, 0.717) is 0 Å². The van der Waals surface area contributed by atoms with E-state index in [1.165, 1.54) is 10.0 Å². The summed E-state index contributed by atoms with van der Waals surface area (Å²) in [6, 6.07) is 8.61. The summed E-state index contributed by atoms with van der Waals surface area (Å²) in [4.78, 5) is 0. The average Bonchev–Trinajstić information content (AvgIpc) is 2.73. The molecule has 1 aromatic carbocycles. The molecule has 0 aliphatic heterocycles. The molecule has 17 heavy (non-hydrogen) atoms. The minimum absolute atomic E-state index is 1.01. The summed E-state index contributed by atoms with van der Waals surface area (Å²) in [5.74, 6) is 0. The van der Waals surface area contributed by atoms with Gasteiger partial charge in [-0.1, -0.05) is 0 Å². The van der Waals surface area contributed by atoms with E-state index in [2.05, 4.69) is 57.4 Å². The zero-order valence-corrected chi connectivity index (χ0v) is 12.6. The number of benzene rings is 1. The van der Waals surface area contributed by atoms with Crippen LogP contribution in [0.25, 0.3) is 0 Å². The van der Waals surface area contributed by atoms with Gasteiger partial charge in [0.05, 0.1) is 0 Å². The molecule has 0 amide bonds. The van der Waals surface area contributed by atoms with Crippen LogP contribution in [-0.4, -0.2) is 28.0 Å². The fraction of sp³-hybridized carbons (Fsp3) is 0.308. The number of aromatic nitrogens is 2. The van der Waals surface area contributed by atoms with Gasteiger partial charge in [0.1, 0.15) is 0 Å². The first-order valence-electron chi connectivity index (χ1n) is 5.84. The van der Waals surface area contributed by atoms with Crippen LogP contribution < -0.4 is 14.2 Å². The van der Waals surface area contributed by atoms with Crippen molar-refractivity contribution in [1.82, 2.24) is 4.57 Å². The van der Waals surface area contributed by atoms with Crippen molar-refractivity contribution in [1.29, 1.82) is 0 Å². The number of aryl methyl sites for hydroxylation is 2. The van der Waals surface area contributed by atoms with E-state index in [1.807, 2.05) is 7.05 Å². The topological polar surface area (TPSA) is 20.8 Å². The zero-order valence-electron chi connectivity index (χ0n) is 10.1. The summed E-state index contributed by atoms with van der Waals surface area (Å²) in [6.07, 6.45) is 7.41. The van der Waals surface area contributed by atoms with Crippen molar-refractivity contribution in [2.75, 3.05) is 11.9 Å². The molecule has 90 valence electrons. The third-order valence-corrected chi connectivity index (χ3v) is 3.46. The van der Waals surface area contributed by atoms with Crippen LogP contribution in [0.15, 0.2) is 43.0 Å². The predicted octanol–water partition coefficient (Wildman–Crippen LogP) is 0.0732. The fourth-order valence-corrected chi connectivity index (χ4v) is 2.13. The van der Waals surface area contributed by atoms with Gasteiger partial charge in [-0.15, -0.1) is 0 Å². The Bertz CT molecular complexity index is 462. The Kier molecular flexibility index (Phi) is 4.27. The maximum atomic E-state index is 3.44. The molecule has 0 radical (unpaired) electrons. The van der Waals surface area contributed by atoms with E-state index < -0.39 is 0 Å². The number of hydrogen-bond acceptors (Lipinski definition) is 1. The molecule has 1 N–H and O–H groups in total. The zero-order chi connectivity index (χ0) is 12.1. The van der Waals surface area contributed by atoms with E-state index in [0.717, 1.165) is 19.5 Å². The van der Waals surface area contributed by atoms with Crippen molar-refractivity contribution >= 4 is 26.9 Å². The quantitative estimate of drug-likeness (QED) is 0.470. The van der Waals surface area contributed by atoms with E-state index >= 15 is 0 Å². The summed E-state index contributed by atoms with van der Waals surface area (Å²) >= 11 is 1.67. The third-order valence-electron chi connectivity index (χ3n) is 2.66. The SMILES string of the molecule is C[n+]1ccn(CCCNc2ccc([AsH2])cc2)c1. The Morgan fingerprint density at radius 3 is 2.71 bits per heavy atom. The van der Waals surface area contributed by atoms with Crippen LogP contribution >= 0.6 is 0 Å². The molecule has 0 fully saturated rings. The molecule has 1 heterocycles. The van der Waals surface area contributed by atoms with E-state index in [9.17, 15) is 0 Å². The van der Waals surface area contributed by atoms with Gasteiger partial charge in [-0.2, -0.15) is 0 Å². The summed E-state index contributed by atoms with van der Waals surface area (Å²) in [7, 11) is 2.04. The van der Waals surface area contributed by atoms with Crippen molar-refractivity contribution in [3.05, 3.63) is 43.0 Å². The van der Waals surface area contributed by atoms with Gasteiger partial charge in [-0.05, 0) is 0 Å². The molecule has 1 atom stereocenters. The monoisotopic (exact) mass is 292 g/mol. The van der Waals surface area contributed by atoms with Crippen molar-refractivity contribution in [3.8, 4) is 0 Å². The van der Waals surface area contributed by atoms with Gasteiger partial charge >= 0.3 is 111 Å². The van der Waals surface area contributed by atoms with E-state index in [1.54, 1.807) is 16.9 Å². The number of nitrogens with zero attached hydrogens (tertiary/aromatic N) is 2. The van der Waals surface area contributed by atoms with E-state index in [-0.39, 0.29) is 0 Å². The van der Waals surface area contributed by atoms with Gasteiger partial charge in [0.25, 0.3) is 0 Å². The van der Waals surface area contributed by atoms with E-state index in [4.69, 9.17) is 0 Å². The number of rotatable bonds is 5. The first-order chi connectivity index (χ1) is 8.24. The number of nitrogens with one attached hydrogen (secondary N) is 1. The molecule has 1 unspecified atom stereocenters. The number of anilines is 1. The minimum atomic E-state index is 1.01. The molecule has 0 spiro atoms. The molecule has 1 aromatic heterocycles. The summed E-state index contributed by atoms with van der Waals surface area (Å²) in [6.45, 7) is 2.07. The van der Waals surface area contributed by atoms with Crippen molar-refractivity contribution < 1.29 is 4.57 Å². The first-order valence-corrected chi connectivity index (χ1v) is 7.05. The van der Waals surface area contributed by atoms with Gasteiger partial charge in [0.15, 0.2) is 0 Å². The third kappa shape index (κ3) is 3.94. The summed E-state index contributed by atoms with van der Waals surface area (Å²) in [5.41, 5.74) is 1.21. The molecule has 0 saturated heterocycles. The Balaban J connectivity index is 1.71. The second-order valence-corrected chi connectivity index (χ2v) is 5.62. The van der Waals surface area contributed by atoms with Gasteiger partial charge in [0, 0.05) is 0 Å². The second kappa shape index (κ2) is 5.92. The molecular weight excluding hydrogens is 273 g/mol. The van der Waals surface area contributed by atoms with Crippen LogP contribution in [0.3, 0.4) is 0 Å². The van der Waals surface area contributed by atoms with Gasteiger partial charge in [-0.3, -0.25) is 0 Å². The second-order valence-electron chi connectivity index (χ2n) is 4.22. The van der Waals surface area contributed by atoms with Gasteiger partial charge in [-0.25, -0.2) is 0 Å². The molecule has 3 nitrogen and oxygen atoms in total. The van der Waals surface area contributed by atoms with Gasteiger partial charge < -0.3 is 0 Å². The fourth-order valence-electron chi connectivity index (χ4n) is 1.73. The normalized spacial score (nSPS) is 10.5. The standard InChI is InChI=1S/C13H19AsN3/c1-16-9-10-17(11-16)8-2-7-15-13-5-3-12(14)4-6-13/h3-6,9-11,15H,2,7-8,14H2,1H3/q+1. The molecule has 0 saturated carbocycles. The molecule has 0 bridgehead atoms. The van der Waals surface area contributed by atoms with Crippen LogP contribution in [0.1, 0.15) is 6.42 Å².